The van der Waals surface area contributed by atoms with Gasteiger partial charge in [-0.15, -0.1) is 0 Å². The van der Waals surface area contributed by atoms with Crippen LogP contribution in [0, 0.1) is 13.8 Å². The van der Waals surface area contributed by atoms with Gasteiger partial charge in [-0.3, -0.25) is 4.79 Å². The Labute approximate surface area is 169 Å². The maximum atomic E-state index is 13.3. The first-order chi connectivity index (χ1) is 14.1. The molecule has 5 rings (SSSR count). The van der Waals surface area contributed by atoms with Crippen LogP contribution in [0.1, 0.15) is 16.7 Å². The van der Waals surface area contributed by atoms with Gasteiger partial charge in [-0.2, -0.15) is 0 Å². The van der Waals surface area contributed by atoms with Crippen molar-refractivity contribution in [1.82, 2.24) is 0 Å². The molecule has 0 bridgehead atoms. The Kier molecular flexibility index (Phi) is 4.30. The van der Waals surface area contributed by atoms with E-state index in [2.05, 4.69) is 18.2 Å². The molecule has 2 aliphatic rings. The van der Waals surface area contributed by atoms with E-state index in [4.69, 9.17) is 14.2 Å². The van der Waals surface area contributed by atoms with Gasteiger partial charge < -0.3 is 19.1 Å². The molecule has 5 nitrogen and oxygen atoms in total. The number of amides is 1. The number of aryl methyl sites for hydroxylation is 2. The van der Waals surface area contributed by atoms with Gasteiger partial charge in [0.2, 0.25) is 0 Å². The Hall–Kier alpha value is -2.89. The second-order valence-electron chi connectivity index (χ2n) is 7.57. The largest absolute Gasteiger partial charge is 0.491 e. The first-order valence-corrected chi connectivity index (χ1v) is 9.92. The molecule has 0 N–H and O–H groups in total. The van der Waals surface area contributed by atoms with Crippen LogP contribution in [0.3, 0.4) is 0 Å². The van der Waals surface area contributed by atoms with Gasteiger partial charge in [0.05, 0.1) is 25.4 Å². The molecule has 0 atom stereocenters. The van der Waals surface area contributed by atoms with Crippen LogP contribution in [0.2, 0.25) is 0 Å². The average Bonchev–Trinajstić information content (AvgIpc) is 3.29. The molecule has 0 radical (unpaired) electrons. The van der Waals surface area contributed by atoms with Crippen LogP contribution in [0.4, 0.5) is 5.69 Å². The number of fused-ring (bicyclic) bond motifs is 3. The Morgan fingerprint density at radius 3 is 2.62 bits per heavy atom. The first kappa shape index (κ1) is 18.2. The lowest BCUT2D eigenvalue weighted by Gasteiger charge is -2.22. The summed E-state index contributed by atoms with van der Waals surface area (Å²) in [6, 6.07) is 18.2. The van der Waals surface area contributed by atoms with E-state index in [1.807, 2.05) is 50.2 Å². The minimum atomic E-state index is -1.30. The van der Waals surface area contributed by atoms with Crippen LogP contribution in [-0.2, 0) is 20.1 Å². The Morgan fingerprint density at radius 1 is 1.03 bits per heavy atom. The lowest BCUT2D eigenvalue weighted by molar-refractivity contribution is -0.180. The summed E-state index contributed by atoms with van der Waals surface area (Å²) in [4.78, 5) is 15.1. The van der Waals surface area contributed by atoms with Crippen molar-refractivity contribution in [2.45, 2.75) is 19.6 Å². The van der Waals surface area contributed by atoms with Gasteiger partial charge in [-0.05, 0) is 36.9 Å². The van der Waals surface area contributed by atoms with Gasteiger partial charge in [0.25, 0.3) is 11.7 Å². The molecule has 1 amide bonds. The van der Waals surface area contributed by atoms with Crippen LogP contribution in [0.5, 0.6) is 5.75 Å². The number of benzene rings is 3. The van der Waals surface area contributed by atoms with Gasteiger partial charge in [0, 0.05) is 10.9 Å². The van der Waals surface area contributed by atoms with E-state index in [0.717, 1.165) is 38.9 Å². The molecular formula is C24H23NO4. The first-order valence-electron chi connectivity index (χ1n) is 9.92. The number of carbonyl (C=O) groups is 1. The van der Waals surface area contributed by atoms with Gasteiger partial charge in [-0.25, -0.2) is 0 Å². The Balaban J connectivity index is 1.43. The lowest BCUT2D eigenvalue weighted by atomic mass is 10.0. The third-order valence-electron chi connectivity index (χ3n) is 5.61. The van der Waals surface area contributed by atoms with E-state index >= 15 is 0 Å². The fourth-order valence-corrected chi connectivity index (χ4v) is 4.44. The fourth-order valence-electron chi connectivity index (χ4n) is 4.44. The molecule has 3 aromatic rings. The van der Waals surface area contributed by atoms with Crippen molar-refractivity contribution in [2.24, 2.45) is 0 Å². The topological polar surface area (TPSA) is 48.0 Å². The third kappa shape index (κ3) is 2.81. The number of carbonyl (C=O) groups excluding carboxylic acids is 1. The van der Waals surface area contributed by atoms with Crippen molar-refractivity contribution in [3.8, 4) is 5.75 Å². The predicted octanol–water partition coefficient (Wildman–Crippen LogP) is 4.08. The summed E-state index contributed by atoms with van der Waals surface area (Å²) in [5, 5.41) is 2.19. The maximum absolute atomic E-state index is 13.3. The van der Waals surface area contributed by atoms with E-state index in [0.29, 0.717) is 26.4 Å². The molecule has 148 valence electrons. The monoisotopic (exact) mass is 389 g/mol. The SMILES string of the molecule is Cc1cc(C)c2c(c1)C1(OCCO1)C(=O)N2CCOc1cccc2ccccc12. The highest BCUT2D eigenvalue weighted by Crippen LogP contribution is 2.47. The average molecular weight is 389 g/mol. The molecule has 0 aliphatic carbocycles. The van der Waals surface area contributed by atoms with Crippen molar-refractivity contribution in [3.63, 3.8) is 0 Å². The second kappa shape index (κ2) is 6.87. The van der Waals surface area contributed by atoms with E-state index in [9.17, 15) is 4.79 Å². The van der Waals surface area contributed by atoms with Crippen LogP contribution >= 0.6 is 0 Å². The molecule has 1 saturated heterocycles. The molecule has 1 fully saturated rings. The molecule has 3 aromatic carbocycles. The highest BCUT2D eigenvalue weighted by atomic mass is 16.7. The van der Waals surface area contributed by atoms with Crippen molar-refractivity contribution >= 4 is 22.4 Å². The zero-order chi connectivity index (χ0) is 20.0. The van der Waals surface area contributed by atoms with E-state index in [1.54, 1.807) is 4.90 Å². The van der Waals surface area contributed by atoms with Gasteiger partial charge in [0.1, 0.15) is 12.4 Å². The minimum Gasteiger partial charge on any atom is -0.491 e. The molecule has 29 heavy (non-hydrogen) atoms. The quantitative estimate of drug-likeness (QED) is 0.675. The lowest BCUT2D eigenvalue weighted by Crippen LogP contribution is -2.42. The van der Waals surface area contributed by atoms with Gasteiger partial charge >= 0.3 is 0 Å². The number of ether oxygens (including phenoxy) is 3. The van der Waals surface area contributed by atoms with E-state index in [1.165, 1.54) is 0 Å². The molecule has 0 unspecified atom stereocenters. The summed E-state index contributed by atoms with van der Waals surface area (Å²) < 4.78 is 17.8. The van der Waals surface area contributed by atoms with Gasteiger partial charge in [-0.1, -0.05) is 48.0 Å². The minimum absolute atomic E-state index is 0.166. The molecule has 1 spiro atoms. The highest BCUT2D eigenvalue weighted by Gasteiger charge is 2.56. The normalized spacial score (nSPS) is 17.3. The smallest absolute Gasteiger partial charge is 0.292 e. The molecule has 2 heterocycles. The molecular weight excluding hydrogens is 366 g/mol. The summed E-state index contributed by atoms with van der Waals surface area (Å²) >= 11 is 0. The molecule has 5 heteroatoms. The van der Waals surface area contributed by atoms with Crippen molar-refractivity contribution in [2.75, 3.05) is 31.3 Å². The van der Waals surface area contributed by atoms with Crippen molar-refractivity contribution in [3.05, 3.63) is 71.3 Å². The number of hydrogen-bond acceptors (Lipinski definition) is 4. The van der Waals surface area contributed by atoms with E-state index in [-0.39, 0.29) is 5.91 Å². The third-order valence-corrected chi connectivity index (χ3v) is 5.61. The van der Waals surface area contributed by atoms with E-state index < -0.39 is 5.79 Å². The van der Waals surface area contributed by atoms with Crippen LogP contribution in [0.25, 0.3) is 10.8 Å². The van der Waals surface area contributed by atoms with Crippen molar-refractivity contribution in [1.29, 1.82) is 0 Å². The maximum Gasteiger partial charge on any atom is 0.292 e. The predicted molar refractivity (Wildman–Crippen MR) is 111 cm³/mol. The molecule has 0 aromatic heterocycles. The highest BCUT2D eigenvalue weighted by molar-refractivity contribution is 6.07. The zero-order valence-corrected chi connectivity index (χ0v) is 16.6. The Morgan fingerprint density at radius 2 is 1.79 bits per heavy atom. The molecule has 0 saturated carbocycles. The summed E-state index contributed by atoms with van der Waals surface area (Å²) in [7, 11) is 0. The number of rotatable bonds is 4. The number of hydrogen-bond donors (Lipinski definition) is 0. The van der Waals surface area contributed by atoms with Crippen LogP contribution < -0.4 is 9.64 Å². The fraction of sp³-hybridized carbons (Fsp3) is 0.292. The summed E-state index contributed by atoms with van der Waals surface area (Å²) in [6.07, 6.45) is 0. The van der Waals surface area contributed by atoms with Gasteiger partial charge in [0.15, 0.2) is 0 Å². The summed E-state index contributed by atoms with van der Waals surface area (Å²) in [6.45, 7) is 5.67. The second-order valence-corrected chi connectivity index (χ2v) is 7.57. The Bertz CT molecular complexity index is 1100. The number of nitrogens with zero attached hydrogens (tertiary/aromatic N) is 1. The summed E-state index contributed by atoms with van der Waals surface area (Å²) in [5.74, 6) is -0.648. The van der Waals surface area contributed by atoms with Crippen molar-refractivity contribution < 1.29 is 19.0 Å². The zero-order valence-electron chi connectivity index (χ0n) is 16.6. The standard InChI is InChI=1S/C24H23NO4/c1-16-14-17(2)22-20(15-16)24(28-12-13-29-24)23(26)25(22)10-11-27-21-9-5-7-18-6-3-4-8-19(18)21/h3-9,14-15H,10-13H2,1-2H3. The van der Waals surface area contributed by atoms with Crippen LogP contribution in [-0.4, -0.2) is 32.3 Å². The number of anilines is 1. The van der Waals surface area contributed by atoms with Crippen LogP contribution in [0.15, 0.2) is 54.6 Å². The summed E-state index contributed by atoms with van der Waals surface area (Å²) in [5.41, 5.74) is 3.81. The molecule has 2 aliphatic heterocycles.